The summed E-state index contributed by atoms with van der Waals surface area (Å²) in [6.07, 6.45) is 0. The largest absolute Gasteiger partial charge is 0.494 e. The van der Waals surface area contributed by atoms with Gasteiger partial charge < -0.3 is 23.0 Å². The highest BCUT2D eigenvalue weighted by molar-refractivity contribution is 5.95. The molecule has 0 unspecified atom stereocenters. The molecule has 0 spiro atoms. The van der Waals surface area contributed by atoms with E-state index in [4.69, 9.17) is 23.0 Å². The molecule has 0 amide bonds. The quantitative estimate of drug-likeness (QED) is 0.246. The Balaban J connectivity index is 1.62. The highest BCUT2D eigenvalue weighted by Gasteiger charge is 2.18. The molecule has 4 rings (SSSR count). The van der Waals surface area contributed by atoms with Gasteiger partial charge in [-0.05, 0) is 50.2 Å². The smallest absolute Gasteiger partial charge is 0.351 e. The zero-order valence-electron chi connectivity index (χ0n) is 17.7. The first-order valence-corrected chi connectivity index (χ1v) is 10.1. The van der Waals surface area contributed by atoms with E-state index >= 15 is 0 Å². The average molecular weight is 450 g/mol. The molecule has 0 atom stereocenters. The molecule has 0 bridgehead atoms. The molecule has 0 N–H and O–H groups in total. The predicted molar refractivity (Wildman–Crippen MR) is 117 cm³/mol. The summed E-state index contributed by atoms with van der Waals surface area (Å²) < 4.78 is 25.9. The van der Waals surface area contributed by atoms with Crippen LogP contribution in [0, 0.1) is 0 Å². The third-order valence-electron chi connectivity index (χ3n) is 4.65. The topological polar surface area (TPSA) is 122 Å². The number of fused-ring (bicyclic) bond motifs is 2. The Kier molecular flexibility index (Phi) is 5.95. The Hall–Kier alpha value is -4.40. The van der Waals surface area contributed by atoms with Crippen molar-refractivity contribution in [3.63, 3.8) is 0 Å². The van der Waals surface area contributed by atoms with E-state index in [0.29, 0.717) is 23.1 Å². The van der Waals surface area contributed by atoms with Crippen molar-refractivity contribution < 1.29 is 32.6 Å². The monoisotopic (exact) mass is 450 g/mol. The van der Waals surface area contributed by atoms with Crippen LogP contribution in [0.1, 0.15) is 34.6 Å². The minimum Gasteiger partial charge on any atom is -0.494 e. The molecule has 0 saturated carbocycles. The third kappa shape index (κ3) is 4.47. The summed E-state index contributed by atoms with van der Waals surface area (Å²) in [4.78, 5) is 48.9. The van der Waals surface area contributed by atoms with E-state index in [1.807, 2.05) is 6.92 Å². The number of carbonyl (C=O) groups excluding carboxylic acids is 2. The van der Waals surface area contributed by atoms with Gasteiger partial charge in [0.25, 0.3) is 0 Å². The van der Waals surface area contributed by atoms with Gasteiger partial charge in [-0.15, -0.1) is 0 Å². The zero-order chi connectivity index (χ0) is 23.5. The highest BCUT2D eigenvalue weighted by Crippen LogP contribution is 2.23. The third-order valence-corrected chi connectivity index (χ3v) is 4.65. The summed E-state index contributed by atoms with van der Waals surface area (Å²) in [6, 6.07) is 11.9. The normalized spacial score (nSPS) is 10.8. The molecule has 4 aromatic rings. The van der Waals surface area contributed by atoms with Crippen LogP contribution in [0.5, 0.6) is 11.5 Å². The van der Waals surface area contributed by atoms with E-state index < -0.39 is 23.2 Å². The van der Waals surface area contributed by atoms with Crippen molar-refractivity contribution in [2.24, 2.45) is 0 Å². The minimum absolute atomic E-state index is 0.0331. The molecule has 0 aliphatic rings. The molecule has 168 valence electrons. The molecule has 9 heteroatoms. The summed E-state index contributed by atoms with van der Waals surface area (Å²) in [5.41, 5.74) is -1.93. The Morgan fingerprint density at radius 3 is 1.85 bits per heavy atom. The predicted octanol–water partition coefficient (Wildman–Crippen LogP) is 3.69. The Labute approximate surface area is 186 Å². The lowest BCUT2D eigenvalue weighted by Gasteiger charge is -2.07. The van der Waals surface area contributed by atoms with Gasteiger partial charge in [0.1, 0.15) is 33.8 Å². The van der Waals surface area contributed by atoms with Crippen molar-refractivity contribution in [1.82, 2.24) is 0 Å². The van der Waals surface area contributed by atoms with Crippen LogP contribution in [0.25, 0.3) is 21.9 Å². The lowest BCUT2D eigenvalue weighted by molar-refractivity contribution is 0.0521. The van der Waals surface area contributed by atoms with Gasteiger partial charge in [-0.1, -0.05) is 0 Å². The van der Waals surface area contributed by atoms with Gasteiger partial charge in [-0.3, -0.25) is 0 Å². The zero-order valence-corrected chi connectivity index (χ0v) is 17.7. The van der Waals surface area contributed by atoms with E-state index in [9.17, 15) is 19.2 Å². The van der Waals surface area contributed by atoms with Crippen molar-refractivity contribution in [3.8, 4) is 11.5 Å². The van der Waals surface area contributed by atoms with Crippen molar-refractivity contribution in [1.29, 1.82) is 0 Å². The SMILES string of the molecule is CCOC(=O)c1cc2ccc(OC(=O)c3cc4ccc(OCC)cc4oc3=O)cc2oc1=O. The van der Waals surface area contributed by atoms with E-state index in [-0.39, 0.29) is 34.6 Å². The second-order valence-electron chi connectivity index (χ2n) is 6.84. The van der Waals surface area contributed by atoms with Gasteiger partial charge in [-0.25, -0.2) is 19.2 Å². The van der Waals surface area contributed by atoms with E-state index in [2.05, 4.69) is 0 Å². The van der Waals surface area contributed by atoms with Crippen LogP contribution < -0.4 is 20.7 Å². The number of esters is 2. The Morgan fingerprint density at radius 1 is 0.727 bits per heavy atom. The first-order valence-electron chi connectivity index (χ1n) is 10.1. The Bertz CT molecular complexity index is 1490. The average Bonchev–Trinajstić information content (AvgIpc) is 2.78. The second-order valence-corrected chi connectivity index (χ2v) is 6.84. The number of rotatable bonds is 6. The standard InChI is InChI=1S/C24H18O9/c1-3-29-15-7-5-13-10-18(24(28)32-19(13)11-15)22(26)31-16-8-6-14-9-17(21(25)30-4-2)23(27)33-20(14)12-16/h5-12H,3-4H2,1-2H3. The summed E-state index contributed by atoms with van der Waals surface area (Å²) in [5, 5.41) is 0.939. The van der Waals surface area contributed by atoms with Crippen LogP contribution in [-0.2, 0) is 4.74 Å². The molecule has 2 aromatic carbocycles. The van der Waals surface area contributed by atoms with Gasteiger partial charge in [-0.2, -0.15) is 0 Å². The molecular weight excluding hydrogens is 432 g/mol. The van der Waals surface area contributed by atoms with Crippen molar-refractivity contribution >= 4 is 33.9 Å². The fraction of sp³-hybridized carbons (Fsp3) is 0.167. The summed E-state index contributed by atoms with van der Waals surface area (Å²) in [5.74, 6) is -1.16. The fourth-order valence-electron chi connectivity index (χ4n) is 3.16. The molecule has 2 heterocycles. The minimum atomic E-state index is -0.940. The molecule has 9 nitrogen and oxygen atoms in total. The number of ether oxygens (including phenoxy) is 3. The molecule has 0 fully saturated rings. The maximum atomic E-state index is 12.6. The highest BCUT2D eigenvalue weighted by atomic mass is 16.5. The molecule has 2 aromatic heterocycles. The molecule has 33 heavy (non-hydrogen) atoms. The van der Waals surface area contributed by atoms with Gasteiger partial charge >= 0.3 is 23.2 Å². The van der Waals surface area contributed by atoms with Crippen LogP contribution in [0.3, 0.4) is 0 Å². The van der Waals surface area contributed by atoms with Crippen molar-refractivity contribution in [2.75, 3.05) is 13.2 Å². The van der Waals surface area contributed by atoms with Crippen LogP contribution in [0.4, 0.5) is 0 Å². The maximum Gasteiger partial charge on any atom is 0.351 e. The van der Waals surface area contributed by atoms with Crippen LogP contribution in [0.2, 0.25) is 0 Å². The lowest BCUT2D eigenvalue weighted by atomic mass is 10.1. The molecule has 0 aliphatic carbocycles. The van der Waals surface area contributed by atoms with Gasteiger partial charge in [0, 0.05) is 22.9 Å². The van der Waals surface area contributed by atoms with Gasteiger partial charge in [0.2, 0.25) is 0 Å². The van der Waals surface area contributed by atoms with E-state index in [1.165, 1.54) is 30.3 Å². The molecule has 0 aliphatic heterocycles. The lowest BCUT2D eigenvalue weighted by Crippen LogP contribution is -2.19. The van der Waals surface area contributed by atoms with Crippen LogP contribution in [-0.4, -0.2) is 25.2 Å². The van der Waals surface area contributed by atoms with Crippen molar-refractivity contribution in [3.05, 3.63) is 80.5 Å². The first kappa shape index (κ1) is 21.8. The fourth-order valence-corrected chi connectivity index (χ4v) is 3.16. The summed E-state index contributed by atoms with van der Waals surface area (Å²) >= 11 is 0. The first-order chi connectivity index (χ1) is 15.9. The van der Waals surface area contributed by atoms with Crippen LogP contribution in [0.15, 0.2) is 67.0 Å². The molecule has 0 saturated heterocycles. The van der Waals surface area contributed by atoms with E-state index in [0.717, 1.165) is 0 Å². The van der Waals surface area contributed by atoms with Crippen molar-refractivity contribution in [2.45, 2.75) is 13.8 Å². The summed E-state index contributed by atoms with van der Waals surface area (Å²) in [7, 11) is 0. The maximum absolute atomic E-state index is 12.6. The molecular formula is C24H18O9. The van der Waals surface area contributed by atoms with E-state index in [1.54, 1.807) is 25.1 Å². The second kappa shape index (κ2) is 8.99. The number of hydrogen-bond acceptors (Lipinski definition) is 9. The number of carbonyl (C=O) groups is 2. The molecule has 0 radical (unpaired) electrons. The Morgan fingerprint density at radius 2 is 1.27 bits per heavy atom. The number of benzene rings is 2. The van der Waals surface area contributed by atoms with Crippen LogP contribution >= 0.6 is 0 Å². The number of hydrogen-bond donors (Lipinski definition) is 0. The van der Waals surface area contributed by atoms with Gasteiger partial charge in [0.15, 0.2) is 0 Å². The summed E-state index contributed by atoms with van der Waals surface area (Å²) in [6.45, 7) is 4.02. The van der Waals surface area contributed by atoms with Gasteiger partial charge in [0.05, 0.1) is 13.2 Å².